The molecule has 56 heavy (non-hydrogen) atoms. The minimum Gasteiger partial charge on any atom is -0.455 e. The van der Waals surface area contributed by atoms with E-state index in [2.05, 4.69) is 127 Å². The van der Waals surface area contributed by atoms with Crippen molar-refractivity contribution in [2.24, 2.45) is 0 Å². The first-order valence-electron chi connectivity index (χ1n) is 18.7. The Hall–Kier alpha value is -7.63. The van der Waals surface area contributed by atoms with Gasteiger partial charge in [0.2, 0.25) is 0 Å². The van der Waals surface area contributed by atoms with Gasteiger partial charge in [-0.25, -0.2) is 15.0 Å². The summed E-state index contributed by atoms with van der Waals surface area (Å²) in [6, 6.07) is 64.4. The summed E-state index contributed by atoms with van der Waals surface area (Å²) in [7, 11) is 0. The first-order chi connectivity index (χ1) is 27.7. The molecule has 8 aromatic carbocycles. The van der Waals surface area contributed by atoms with E-state index in [-0.39, 0.29) is 0 Å². The standard InChI is InChI=1S/C51H31N3O2/c1-3-12-32(13-4-1)33-22-26-36(27-23-33)50-52-49(35-14-5-2-6-15-35)53-51(54-50)37-28-24-34(25-29-37)38-30-31-40(46-43-17-8-10-21-45(43)56-48(38)46)42-19-11-18-41-39-16-7-9-20-44(39)55-47(41)42/h1-31H. The zero-order valence-electron chi connectivity index (χ0n) is 30.1. The maximum Gasteiger partial charge on any atom is 0.164 e. The van der Waals surface area contributed by atoms with E-state index >= 15 is 0 Å². The fraction of sp³-hybridized carbons (Fsp3) is 0. The molecule has 3 heterocycles. The van der Waals surface area contributed by atoms with Crippen molar-refractivity contribution in [3.63, 3.8) is 0 Å². The van der Waals surface area contributed by atoms with E-state index < -0.39 is 0 Å². The molecule has 11 aromatic rings. The lowest BCUT2D eigenvalue weighted by molar-refractivity contribution is 0.669. The molecule has 0 bridgehead atoms. The normalized spacial score (nSPS) is 11.6. The van der Waals surface area contributed by atoms with E-state index in [1.165, 1.54) is 5.56 Å². The number of rotatable bonds is 6. The molecule has 0 unspecified atom stereocenters. The molecule has 5 heteroatoms. The lowest BCUT2D eigenvalue weighted by Gasteiger charge is -2.11. The van der Waals surface area contributed by atoms with Crippen LogP contribution in [0.1, 0.15) is 0 Å². The SMILES string of the molecule is c1ccc(-c2ccc(-c3nc(-c4ccccc4)nc(-c4ccc(-c5ccc(-c6cccc7c6oc6ccccc67)c6c5oc5ccccc56)cc4)n3)cc2)cc1. The van der Waals surface area contributed by atoms with E-state index in [1.54, 1.807) is 0 Å². The fourth-order valence-electron chi connectivity index (χ4n) is 7.83. The van der Waals surface area contributed by atoms with Gasteiger partial charge in [0, 0.05) is 49.4 Å². The Labute approximate surface area is 322 Å². The highest BCUT2D eigenvalue weighted by Crippen LogP contribution is 2.45. The van der Waals surface area contributed by atoms with Crippen molar-refractivity contribution in [2.45, 2.75) is 0 Å². The Morgan fingerprint density at radius 2 is 0.714 bits per heavy atom. The summed E-state index contributed by atoms with van der Waals surface area (Å²) in [5.41, 5.74) is 12.6. The largest absolute Gasteiger partial charge is 0.455 e. The highest BCUT2D eigenvalue weighted by atomic mass is 16.3. The minimum atomic E-state index is 0.607. The van der Waals surface area contributed by atoms with Crippen LogP contribution in [-0.4, -0.2) is 15.0 Å². The molecular formula is C51H31N3O2. The van der Waals surface area contributed by atoms with E-state index in [1.807, 2.05) is 60.7 Å². The van der Waals surface area contributed by atoms with Gasteiger partial charge >= 0.3 is 0 Å². The van der Waals surface area contributed by atoms with Crippen molar-refractivity contribution in [1.29, 1.82) is 0 Å². The second-order valence-corrected chi connectivity index (χ2v) is 13.9. The van der Waals surface area contributed by atoms with Gasteiger partial charge in [0.05, 0.1) is 0 Å². The monoisotopic (exact) mass is 717 g/mol. The van der Waals surface area contributed by atoms with Crippen LogP contribution in [-0.2, 0) is 0 Å². The number of nitrogens with zero attached hydrogens (tertiary/aromatic N) is 3. The Kier molecular flexibility index (Phi) is 7.42. The zero-order valence-corrected chi connectivity index (χ0v) is 30.1. The summed E-state index contributed by atoms with van der Waals surface area (Å²) in [5.74, 6) is 1.85. The number of furan rings is 2. The molecule has 0 amide bonds. The number of aromatic nitrogens is 3. The highest BCUT2D eigenvalue weighted by Gasteiger charge is 2.21. The molecule has 0 N–H and O–H groups in total. The molecule has 262 valence electrons. The van der Waals surface area contributed by atoms with Gasteiger partial charge in [-0.2, -0.15) is 0 Å². The molecular weight excluding hydrogens is 687 g/mol. The average molecular weight is 718 g/mol. The molecule has 0 aliphatic rings. The van der Waals surface area contributed by atoms with Crippen molar-refractivity contribution < 1.29 is 8.83 Å². The van der Waals surface area contributed by atoms with Gasteiger partial charge in [0.15, 0.2) is 17.5 Å². The predicted molar refractivity (Wildman–Crippen MR) is 227 cm³/mol. The van der Waals surface area contributed by atoms with Crippen LogP contribution in [0.2, 0.25) is 0 Å². The number of hydrogen-bond acceptors (Lipinski definition) is 5. The van der Waals surface area contributed by atoms with Crippen LogP contribution >= 0.6 is 0 Å². The van der Waals surface area contributed by atoms with Crippen molar-refractivity contribution in [3.8, 4) is 67.5 Å². The van der Waals surface area contributed by atoms with Gasteiger partial charge in [0.1, 0.15) is 22.3 Å². The van der Waals surface area contributed by atoms with Gasteiger partial charge in [-0.05, 0) is 40.5 Å². The third-order valence-corrected chi connectivity index (χ3v) is 10.6. The zero-order chi connectivity index (χ0) is 37.0. The molecule has 0 fully saturated rings. The predicted octanol–water partition coefficient (Wildman–Crippen LogP) is 13.7. The van der Waals surface area contributed by atoms with Crippen molar-refractivity contribution >= 4 is 43.9 Å². The summed E-state index contributed by atoms with van der Waals surface area (Å²) in [6.07, 6.45) is 0. The van der Waals surface area contributed by atoms with Crippen LogP contribution < -0.4 is 0 Å². The topological polar surface area (TPSA) is 65.0 Å². The van der Waals surface area contributed by atoms with Gasteiger partial charge in [-0.15, -0.1) is 0 Å². The van der Waals surface area contributed by atoms with Crippen LogP contribution in [0.3, 0.4) is 0 Å². The summed E-state index contributed by atoms with van der Waals surface area (Å²) in [4.78, 5) is 14.9. The highest BCUT2D eigenvalue weighted by molar-refractivity contribution is 6.19. The van der Waals surface area contributed by atoms with Crippen LogP contribution in [0, 0.1) is 0 Å². The van der Waals surface area contributed by atoms with E-state index in [4.69, 9.17) is 23.8 Å². The molecule has 0 spiro atoms. The minimum absolute atomic E-state index is 0.607. The lowest BCUT2D eigenvalue weighted by atomic mass is 9.93. The summed E-state index contributed by atoms with van der Waals surface area (Å²) >= 11 is 0. The smallest absolute Gasteiger partial charge is 0.164 e. The number of hydrogen-bond donors (Lipinski definition) is 0. The maximum atomic E-state index is 6.69. The molecule has 0 aliphatic heterocycles. The maximum absolute atomic E-state index is 6.69. The Balaban J connectivity index is 1.02. The Bertz CT molecular complexity index is 3220. The van der Waals surface area contributed by atoms with Gasteiger partial charge in [0.25, 0.3) is 0 Å². The third-order valence-electron chi connectivity index (χ3n) is 10.6. The van der Waals surface area contributed by atoms with Gasteiger partial charge in [-0.1, -0.05) is 170 Å². The lowest BCUT2D eigenvalue weighted by Crippen LogP contribution is -2.00. The first kappa shape index (κ1) is 31.9. The molecule has 5 nitrogen and oxygen atoms in total. The fourth-order valence-corrected chi connectivity index (χ4v) is 7.83. The van der Waals surface area contributed by atoms with Crippen LogP contribution in [0.15, 0.2) is 197 Å². The number of fused-ring (bicyclic) bond motifs is 6. The summed E-state index contributed by atoms with van der Waals surface area (Å²) in [6.45, 7) is 0. The van der Waals surface area contributed by atoms with Gasteiger partial charge in [-0.3, -0.25) is 0 Å². The summed E-state index contributed by atoms with van der Waals surface area (Å²) < 4.78 is 13.2. The van der Waals surface area contributed by atoms with E-state index in [0.29, 0.717) is 17.5 Å². The second kappa shape index (κ2) is 13.0. The van der Waals surface area contributed by atoms with E-state index in [0.717, 1.165) is 88.4 Å². The van der Waals surface area contributed by atoms with Crippen molar-refractivity contribution in [3.05, 3.63) is 188 Å². The van der Waals surface area contributed by atoms with Crippen molar-refractivity contribution in [1.82, 2.24) is 15.0 Å². The number of para-hydroxylation sites is 3. The number of benzene rings is 8. The van der Waals surface area contributed by atoms with Gasteiger partial charge < -0.3 is 8.83 Å². The average Bonchev–Trinajstić information content (AvgIpc) is 3.86. The second-order valence-electron chi connectivity index (χ2n) is 13.9. The van der Waals surface area contributed by atoms with Crippen LogP contribution in [0.25, 0.3) is 111 Å². The molecule has 0 radical (unpaired) electrons. The molecule has 0 atom stereocenters. The molecule has 0 saturated heterocycles. The molecule has 0 saturated carbocycles. The summed E-state index contributed by atoms with van der Waals surface area (Å²) in [5, 5.41) is 4.33. The van der Waals surface area contributed by atoms with Crippen LogP contribution in [0.4, 0.5) is 0 Å². The molecule has 3 aromatic heterocycles. The van der Waals surface area contributed by atoms with Crippen molar-refractivity contribution in [2.75, 3.05) is 0 Å². The first-order valence-corrected chi connectivity index (χ1v) is 18.7. The molecule has 11 rings (SSSR count). The Morgan fingerprint density at radius 1 is 0.268 bits per heavy atom. The molecule has 0 aliphatic carbocycles. The third kappa shape index (κ3) is 5.37. The van der Waals surface area contributed by atoms with Crippen LogP contribution in [0.5, 0.6) is 0 Å². The van der Waals surface area contributed by atoms with E-state index in [9.17, 15) is 0 Å². The quantitative estimate of drug-likeness (QED) is 0.171. The Morgan fingerprint density at radius 3 is 1.38 bits per heavy atom.